The second-order valence-corrected chi connectivity index (χ2v) is 8.02. The number of hydrogen-bond donors (Lipinski definition) is 0. The number of nitrogens with zero attached hydrogens (tertiary/aromatic N) is 5. The zero-order valence-electron chi connectivity index (χ0n) is 14.5. The van der Waals surface area contributed by atoms with Crippen LogP contribution in [-0.4, -0.2) is 38.3 Å². The maximum Gasteiger partial charge on any atom is 0.433 e. The van der Waals surface area contributed by atoms with Crippen LogP contribution < -0.4 is 0 Å². The first kappa shape index (κ1) is 18.4. The minimum Gasteiger partial charge on any atom is -0.324 e. The van der Waals surface area contributed by atoms with Gasteiger partial charge in [-0.05, 0) is 13.0 Å². The van der Waals surface area contributed by atoms with Crippen LogP contribution in [0.1, 0.15) is 18.4 Å². The van der Waals surface area contributed by atoms with Gasteiger partial charge >= 0.3 is 6.18 Å². The van der Waals surface area contributed by atoms with Crippen LogP contribution in [0.2, 0.25) is 0 Å². The average molecular weight is 387 g/mol. The van der Waals surface area contributed by atoms with E-state index in [-0.39, 0.29) is 27.8 Å². The minimum atomic E-state index is -4.59. The van der Waals surface area contributed by atoms with E-state index in [0.717, 1.165) is 12.3 Å². The first-order valence-corrected chi connectivity index (χ1v) is 9.28. The number of aromatic nitrogens is 5. The molecule has 0 radical (unpaired) electrons. The van der Waals surface area contributed by atoms with E-state index < -0.39 is 21.7 Å². The lowest BCUT2D eigenvalue weighted by Crippen LogP contribution is -2.11. The zero-order valence-corrected chi connectivity index (χ0v) is 15.3. The van der Waals surface area contributed by atoms with Gasteiger partial charge in [-0.1, -0.05) is 6.92 Å². The highest BCUT2D eigenvalue weighted by molar-refractivity contribution is 7.91. The Balaban J connectivity index is 2.31. The predicted molar refractivity (Wildman–Crippen MR) is 88.2 cm³/mol. The molecule has 0 atom stereocenters. The number of aryl methyl sites for hydroxylation is 2. The number of hydrogen-bond acceptors (Lipinski definition) is 5. The molecule has 0 aliphatic heterocycles. The van der Waals surface area contributed by atoms with E-state index in [0.29, 0.717) is 11.3 Å². The molecule has 26 heavy (non-hydrogen) atoms. The lowest BCUT2D eigenvalue weighted by molar-refractivity contribution is -0.141. The van der Waals surface area contributed by atoms with Gasteiger partial charge in [-0.25, -0.2) is 23.4 Å². The van der Waals surface area contributed by atoms with E-state index in [1.807, 2.05) is 0 Å². The molecule has 0 N–H and O–H groups in total. The van der Waals surface area contributed by atoms with Crippen LogP contribution in [0.4, 0.5) is 13.2 Å². The highest BCUT2D eigenvalue weighted by Crippen LogP contribution is 2.32. The molecule has 0 saturated carbocycles. The molecule has 0 fully saturated rings. The summed E-state index contributed by atoms with van der Waals surface area (Å²) in [6, 6.07) is 0.836. The maximum absolute atomic E-state index is 12.9. The van der Waals surface area contributed by atoms with Crippen molar-refractivity contribution < 1.29 is 21.6 Å². The van der Waals surface area contributed by atoms with Crippen molar-refractivity contribution >= 4 is 20.9 Å². The van der Waals surface area contributed by atoms with E-state index in [1.165, 1.54) is 16.1 Å². The summed E-state index contributed by atoms with van der Waals surface area (Å²) >= 11 is 0. The first-order valence-electron chi connectivity index (χ1n) is 7.63. The van der Waals surface area contributed by atoms with Gasteiger partial charge in [0, 0.05) is 14.1 Å². The Labute approximate surface area is 147 Å². The normalized spacial score (nSPS) is 12.9. The van der Waals surface area contributed by atoms with Crippen molar-refractivity contribution in [2.75, 3.05) is 5.75 Å². The molecule has 0 aliphatic carbocycles. The van der Waals surface area contributed by atoms with Gasteiger partial charge in [0.1, 0.15) is 17.2 Å². The lowest BCUT2D eigenvalue weighted by atomic mass is 10.3. The molecule has 0 unspecified atom stereocenters. The standard InChI is InChI=1S/C15H16F3N5O2S/c1-5-26(24,25)14-12(20-8(2)22(14)3)13-21-9-6-11(15(16,17)18)19-7-10(9)23(13)4/h6-7H,5H2,1-4H3. The van der Waals surface area contributed by atoms with Crippen molar-refractivity contribution in [3.63, 3.8) is 0 Å². The lowest BCUT2D eigenvalue weighted by Gasteiger charge is -2.06. The minimum absolute atomic E-state index is 0.0140. The van der Waals surface area contributed by atoms with Gasteiger partial charge in [0.2, 0.25) is 0 Å². The monoisotopic (exact) mass is 387 g/mol. The highest BCUT2D eigenvalue weighted by Gasteiger charge is 2.33. The number of fused-ring (bicyclic) bond motifs is 1. The van der Waals surface area contributed by atoms with Crippen LogP contribution in [0.5, 0.6) is 0 Å². The molecule has 7 nitrogen and oxygen atoms in total. The Morgan fingerprint density at radius 2 is 1.81 bits per heavy atom. The molecule has 140 valence electrons. The number of sulfone groups is 1. The van der Waals surface area contributed by atoms with Crippen LogP contribution in [-0.2, 0) is 30.1 Å². The third-order valence-corrected chi connectivity index (χ3v) is 6.03. The Morgan fingerprint density at radius 1 is 1.15 bits per heavy atom. The summed E-state index contributed by atoms with van der Waals surface area (Å²) in [7, 11) is -0.476. The number of rotatable bonds is 3. The molecule has 3 aromatic heterocycles. The van der Waals surface area contributed by atoms with Crippen molar-refractivity contribution in [2.45, 2.75) is 25.0 Å². The van der Waals surface area contributed by atoms with E-state index >= 15 is 0 Å². The van der Waals surface area contributed by atoms with Gasteiger partial charge in [0.15, 0.2) is 20.7 Å². The largest absolute Gasteiger partial charge is 0.433 e. The topological polar surface area (TPSA) is 82.7 Å². The van der Waals surface area contributed by atoms with Crippen molar-refractivity contribution in [1.82, 2.24) is 24.1 Å². The Bertz CT molecular complexity index is 1110. The number of alkyl halides is 3. The van der Waals surface area contributed by atoms with Gasteiger partial charge in [-0.3, -0.25) is 0 Å². The van der Waals surface area contributed by atoms with Crippen LogP contribution in [0, 0.1) is 6.92 Å². The Hall–Kier alpha value is -2.43. The van der Waals surface area contributed by atoms with Gasteiger partial charge in [0.25, 0.3) is 0 Å². The predicted octanol–water partition coefficient (Wildman–Crippen LogP) is 2.49. The molecule has 0 aromatic carbocycles. The summed E-state index contributed by atoms with van der Waals surface area (Å²) in [4.78, 5) is 11.9. The molecule has 3 heterocycles. The Morgan fingerprint density at radius 3 is 2.38 bits per heavy atom. The summed E-state index contributed by atoms with van der Waals surface area (Å²) in [5.41, 5.74) is -0.545. The van der Waals surface area contributed by atoms with Gasteiger partial charge in [-0.15, -0.1) is 0 Å². The van der Waals surface area contributed by atoms with Crippen LogP contribution in [0.3, 0.4) is 0 Å². The third-order valence-electron chi connectivity index (χ3n) is 4.21. The van der Waals surface area contributed by atoms with E-state index in [1.54, 1.807) is 21.0 Å². The molecule has 0 saturated heterocycles. The van der Waals surface area contributed by atoms with Crippen molar-refractivity contribution in [2.24, 2.45) is 14.1 Å². The molecule has 0 bridgehead atoms. The molecule has 0 aliphatic rings. The molecule has 11 heteroatoms. The second-order valence-electron chi connectivity index (χ2n) is 5.83. The SMILES string of the molecule is CCS(=O)(=O)c1c(-c2nc3cc(C(F)(F)F)ncc3n2C)nc(C)n1C. The number of imidazole rings is 2. The smallest absolute Gasteiger partial charge is 0.324 e. The van der Waals surface area contributed by atoms with Crippen LogP contribution in [0.25, 0.3) is 22.6 Å². The van der Waals surface area contributed by atoms with Gasteiger partial charge in [-0.2, -0.15) is 13.2 Å². The first-order chi connectivity index (χ1) is 12.0. The summed E-state index contributed by atoms with van der Waals surface area (Å²) < 4.78 is 66.5. The van der Waals surface area contributed by atoms with Crippen LogP contribution >= 0.6 is 0 Å². The van der Waals surface area contributed by atoms with Gasteiger partial charge < -0.3 is 9.13 Å². The fraction of sp³-hybridized carbons (Fsp3) is 0.400. The van der Waals surface area contributed by atoms with E-state index in [2.05, 4.69) is 15.0 Å². The number of pyridine rings is 1. The fourth-order valence-electron chi connectivity index (χ4n) is 2.68. The molecular weight excluding hydrogens is 371 g/mol. The highest BCUT2D eigenvalue weighted by atomic mass is 32.2. The number of halogens is 3. The third kappa shape index (κ3) is 2.75. The van der Waals surface area contributed by atoms with Crippen molar-refractivity contribution in [3.8, 4) is 11.5 Å². The second kappa shape index (κ2) is 5.79. The summed E-state index contributed by atoms with van der Waals surface area (Å²) in [6.45, 7) is 3.15. The molecule has 3 rings (SSSR count). The summed E-state index contributed by atoms with van der Waals surface area (Å²) in [5, 5.41) is -0.0140. The van der Waals surface area contributed by atoms with Crippen LogP contribution in [0.15, 0.2) is 17.3 Å². The summed E-state index contributed by atoms with van der Waals surface area (Å²) in [6.07, 6.45) is -3.53. The van der Waals surface area contributed by atoms with E-state index in [9.17, 15) is 21.6 Å². The summed E-state index contributed by atoms with van der Waals surface area (Å²) in [5.74, 6) is 0.480. The molecular formula is C15H16F3N5O2S. The van der Waals surface area contributed by atoms with E-state index in [4.69, 9.17) is 0 Å². The van der Waals surface area contributed by atoms with Gasteiger partial charge in [0.05, 0.1) is 23.0 Å². The zero-order chi connectivity index (χ0) is 19.4. The maximum atomic E-state index is 12.9. The van der Waals surface area contributed by atoms with Crippen molar-refractivity contribution in [1.29, 1.82) is 0 Å². The molecule has 0 spiro atoms. The average Bonchev–Trinajstić information content (AvgIpc) is 3.04. The van der Waals surface area contributed by atoms with Crippen molar-refractivity contribution in [3.05, 3.63) is 23.8 Å². The quantitative estimate of drug-likeness (QED) is 0.690. The molecule has 0 amide bonds. The molecule has 3 aromatic rings. The Kier molecular flexibility index (Phi) is 4.09. The fourth-order valence-corrected chi connectivity index (χ4v) is 3.94.